The van der Waals surface area contributed by atoms with E-state index < -0.39 is 0 Å². The van der Waals surface area contributed by atoms with E-state index in [0.29, 0.717) is 28.6 Å². The monoisotopic (exact) mass is 324 g/mol. The molecule has 0 atom stereocenters. The zero-order valence-electron chi connectivity index (χ0n) is 13.5. The minimum atomic E-state index is -0.0990. The van der Waals surface area contributed by atoms with Crippen LogP contribution in [0.15, 0.2) is 35.5 Å². The van der Waals surface area contributed by atoms with Crippen LogP contribution in [0, 0.1) is 0 Å². The van der Waals surface area contributed by atoms with Gasteiger partial charge >= 0.3 is 0 Å². The maximum atomic E-state index is 5.29. The Morgan fingerprint density at radius 2 is 2.08 bits per heavy atom. The zero-order chi connectivity index (χ0) is 16.7. The summed E-state index contributed by atoms with van der Waals surface area (Å²) in [5.74, 6) is 1.32. The van der Waals surface area contributed by atoms with Crippen LogP contribution in [0.25, 0.3) is 22.7 Å². The van der Waals surface area contributed by atoms with Gasteiger partial charge in [-0.15, -0.1) is 0 Å². The second-order valence-electron chi connectivity index (χ2n) is 6.33. The van der Waals surface area contributed by atoms with Gasteiger partial charge in [-0.25, -0.2) is 15.0 Å². The predicted octanol–water partition coefficient (Wildman–Crippen LogP) is 2.70. The van der Waals surface area contributed by atoms with Crippen LogP contribution in [0.3, 0.4) is 0 Å². The predicted molar refractivity (Wildman–Crippen MR) is 87.7 cm³/mol. The molecule has 0 unspecified atom stereocenters. The molecule has 0 aliphatic rings. The third-order valence-electron chi connectivity index (χ3n) is 3.46. The molecule has 0 saturated heterocycles. The van der Waals surface area contributed by atoms with E-state index in [1.807, 2.05) is 10.9 Å². The summed E-state index contributed by atoms with van der Waals surface area (Å²) in [5.41, 5.74) is 2.09. The first-order valence-electron chi connectivity index (χ1n) is 7.44. The van der Waals surface area contributed by atoms with Gasteiger partial charge in [0.05, 0.1) is 29.8 Å². The number of hydrogen-bond donors (Lipinski definition) is 2. The van der Waals surface area contributed by atoms with Crippen molar-refractivity contribution in [2.24, 2.45) is 0 Å². The van der Waals surface area contributed by atoms with E-state index >= 15 is 0 Å². The second kappa shape index (κ2) is 5.15. The van der Waals surface area contributed by atoms with Crippen molar-refractivity contribution in [1.29, 1.82) is 0 Å². The minimum Gasteiger partial charge on any atom is -0.442 e. The average Bonchev–Trinajstić information content (AvgIpc) is 3.27. The van der Waals surface area contributed by atoms with Gasteiger partial charge in [-0.1, -0.05) is 0 Å². The molecule has 4 heterocycles. The quantitative estimate of drug-likeness (QED) is 0.596. The summed E-state index contributed by atoms with van der Waals surface area (Å²) in [6.07, 6.45) is 8.35. The van der Waals surface area contributed by atoms with Gasteiger partial charge in [0.25, 0.3) is 5.89 Å². The summed E-state index contributed by atoms with van der Waals surface area (Å²) < 4.78 is 7.17. The average molecular weight is 324 g/mol. The molecule has 0 spiro atoms. The molecule has 9 nitrogen and oxygen atoms in total. The Balaban J connectivity index is 1.75. The van der Waals surface area contributed by atoms with Crippen molar-refractivity contribution in [2.75, 3.05) is 5.32 Å². The lowest BCUT2D eigenvalue weighted by atomic mass is 10.1. The number of aromatic nitrogens is 7. The van der Waals surface area contributed by atoms with Crippen molar-refractivity contribution in [3.8, 4) is 11.7 Å². The van der Waals surface area contributed by atoms with Crippen molar-refractivity contribution in [3.63, 3.8) is 0 Å². The van der Waals surface area contributed by atoms with E-state index in [-0.39, 0.29) is 5.54 Å². The lowest BCUT2D eigenvalue weighted by molar-refractivity contribution is 0.355. The summed E-state index contributed by atoms with van der Waals surface area (Å²) in [4.78, 5) is 13.0. The Labute approximate surface area is 137 Å². The molecule has 0 aliphatic carbocycles. The number of hydrogen-bond acceptors (Lipinski definition) is 7. The fourth-order valence-electron chi connectivity index (χ4n) is 2.25. The van der Waals surface area contributed by atoms with Crippen LogP contribution in [-0.4, -0.2) is 34.9 Å². The van der Waals surface area contributed by atoms with Gasteiger partial charge < -0.3 is 9.73 Å². The van der Waals surface area contributed by atoms with Crippen molar-refractivity contribution in [1.82, 2.24) is 34.9 Å². The van der Waals surface area contributed by atoms with Crippen LogP contribution < -0.4 is 5.32 Å². The molecule has 0 aliphatic heterocycles. The van der Waals surface area contributed by atoms with Crippen molar-refractivity contribution in [3.05, 3.63) is 31.1 Å². The maximum Gasteiger partial charge on any atom is 0.264 e. The van der Waals surface area contributed by atoms with Gasteiger partial charge in [0.1, 0.15) is 17.3 Å². The standard InChI is InChI=1S/C15H16N8O/c1-15(2,3)23-8-9(6-18-23)19-12-11-10(7-17-22-11)20-13(21-12)14-16-4-5-24-14/h4-8H,1-3H3,(H,17,22)(H,19,20,21). The zero-order valence-corrected chi connectivity index (χ0v) is 13.5. The molecule has 4 rings (SSSR count). The first-order valence-corrected chi connectivity index (χ1v) is 7.44. The molecule has 0 aromatic carbocycles. The van der Waals surface area contributed by atoms with Gasteiger partial charge in [0.2, 0.25) is 5.82 Å². The number of nitrogens with one attached hydrogen (secondary N) is 2. The number of nitrogens with zero attached hydrogens (tertiary/aromatic N) is 6. The van der Waals surface area contributed by atoms with Crippen molar-refractivity contribution < 1.29 is 4.42 Å². The van der Waals surface area contributed by atoms with Crippen molar-refractivity contribution in [2.45, 2.75) is 26.3 Å². The van der Waals surface area contributed by atoms with E-state index in [4.69, 9.17) is 4.42 Å². The summed E-state index contributed by atoms with van der Waals surface area (Å²) in [6.45, 7) is 6.26. The van der Waals surface area contributed by atoms with Gasteiger partial charge in [0.15, 0.2) is 5.82 Å². The minimum absolute atomic E-state index is 0.0990. The molecular formula is C15H16N8O. The summed E-state index contributed by atoms with van der Waals surface area (Å²) >= 11 is 0. The molecule has 4 aromatic rings. The Kier molecular flexibility index (Phi) is 3.08. The molecule has 0 saturated carbocycles. The fraction of sp³-hybridized carbons (Fsp3) is 0.267. The van der Waals surface area contributed by atoms with Crippen LogP contribution in [0.1, 0.15) is 20.8 Å². The van der Waals surface area contributed by atoms with Crippen LogP contribution in [0.2, 0.25) is 0 Å². The van der Waals surface area contributed by atoms with Crippen LogP contribution in [-0.2, 0) is 5.54 Å². The van der Waals surface area contributed by atoms with E-state index in [1.165, 1.54) is 6.26 Å². The lowest BCUT2D eigenvalue weighted by Crippen LogP contribution is -2.21. The van der Waals surface area contributed by atoms with Crippen LogP contribution in [0.4, 0.5) is 11.5 Å². The molecule has 0 fully saturated rings. The third-order valence-corrected chi connectivity index (χ3v) is 3.46. The third kappa shape index (κ3) is 2.49. The lowest BCUT2D eigenvalue weighted by Gasteiger charge is -2.18. The normalized spacial score (nSPS) is 12.0. The van der Waals surface area contributed by atoms with Gasteiger partial charge in [-0.2, -0.15) is 10.2 Å². The summed E-state index contributed by atoms with van der Waals surface area (Å²) in [5, 5.41) is 14.6. The Morgan fingerprint density at radius 3 is 2.79 bits per heavy atom. The van der Waals surface area contributed by atoms with Gasteiger partial charge in [0, 0.05) is 6.20 Å². The highest BCUT2D eigenvalue weighted by Gasteiger charge is 2.17. The summed E-state index contributed by atoms with van der Waals surface area (Å²) in [7, 11) is 0. The number of H-pyrrole nitrogens is 1. The van der Waals surface area contributed by atoms with Crippen LogP contribution in [0.5, 0.6) is 0 Å². The number of fused-ring (bicyclic) bond motifs is 1. The maximum absolute atomic E-state index is 5.29. The number of oxazole rings is 1. The van der Waals surface area contributed by atoms with Gasteiger partial charge in [-0.3, -0.25) is 9.78 Å². The number of anilines is 2. The smallest absolute Gasteiger partial charge is 0.264 e. The Morgan fingerprint density at radius 1 is 1.21 bits per heavy atom. The molecule has 24 heavy (non-hydrogen) atoms. The highest BCUT2D eigenvalue weighted by Crippen LogP contribution is 2.25. The SMILES string of the molecule is CC(C)(C)n1cc(Nc2nc(-c3ncco3)nc3cn[nH]c23)cn1. The molecular weight excluding hydrogens is 308 g/mol. The molecule has 0 radical (unpaired) electrons. The fourth-order valence-corrected chi connectivity index (χ4v) is 2.25. The number of rotatable bonds is 3. The van der Waals surface area contributed by atoms with E-state index in [0.717, 1.165) is 5.69 Å². The molecule has 2 N–H and O–H groups in total. The Hall–Kier alpha value is -3.23. The van der Waals surface area contributed by atoms with Gasteiger partial charge in [-0.05, 0) is 20.8 Å². The first kappa shape index (κ1) is 14.4. The van der Waals surface area contributed by atoms with E-state index in [9.17, 15) is 0 Å². The number of aromatic amines is 1. The molecule has 4 aromatic heterocycles. The highest BCUT2D eigenvalue weighted by atomic mass is 16.3. The molecule has 9 heteroatoms. The van der Waals surface area contributed by atoms with Crippen LogP contribution >= 0.6 is 0 Å². The molecule has 0 bridgehead atoms. The Bertz CT molecular complexity index is 977. The van der Waals surface area contributed by atoms with E-state index in [2.05, 4.69) is 56.3 Å². The topological polar surface area (TPSA) is 110 Å². The molecule has 0 amide bonds. The summed E-state index contributed by atoms with van der Waals surface area (Å²) in [6, 6.07) is 0. The first-order chi connectivity index (χ1) is 11.5. The van der Waals surface area contributed by atoms with E-state index in [1.54, 1.807) is 18.6 Å². The van der Waals surface area contributed by atoms with Crippen molar-refractivity contribution >= 4 is 22.5 Å². The highest BCUT2D eigenvalue weighted by molar-refractivity contribution is 5.87. The second-order valence-corrected chi connectivity index (χ2v) is 6.33. The largest absolute Gasteiger partial charge is 0.442 e. The molecule has 122 valence electrons.